The molecular formula is C20H19ClN2. The lowest BCUT2D eigenvalue weighted by Crippen LogP contribution is -2.23. The van der Waals surface area contributed by atoms with Crippen LogP contribution in [0.2, 0.25) is 5.15 Å². The number of halogens is 1. The fourth-order valence-electron chi connectivity index (χ4n) is 2.68. The lowest BCUT2D eigenvalue weighted by atomic mass is 10.1. The molecular weight excluding hydrogens is 304 g/mol. The highest BCUT2D eigenvalue weighted by Crippen LogP contribution is 2.25. The van der Waals surface area contributed by atoms with Crippen LogP contribution >= 0.6 is 11.6 Å². The molecule has 2 aromatic carbocycles. The van der Waals surface area contributed by atoms with E-state index in [1.807, 2.05) is 24.4 Å². The van der Waals surface area contributed by atoms with Gasteiger partial charge in [-0.15, -0.1) is 0 Å². The van der Waals surface area contributed by atoms with Gasteiger partial charge in [-0.1, -0.05) is 72.3 Å². The molecule has 0 atom stereocenters. The first-order valence-corrected chi connectivity index (χ1v) is 8.05. The number of rotatable bonds is 5. The number of hydrogen-bond acceptors (Lipinski definition) is 2. The zero-order chi connectivity index (χ0) is 16.1. The van der Waals surface area contributed by atoms with E-state index in [2.05, 4.69) is 65.3 Å². The minimum atomic E-state index is 0.533. The summed E-state index contributed by atoms with van der Waals surface area (Å²) in [4.78, 5) is 6.60. The Bertz CT molecular complexity index is 716. The maximum atomic E-state index is 6.01. The van der Waals surface area contributed by atoms with Gasteiger partial charge in [0, 0.05) is 13.1 Å². The summed E-state index contributed by atoms with van der Waals surface area (Å²) in [6.45, 7) is 3.74. The molecule has 23 heavy (non-hydrogen) atoms. The maximum Gasteiger partial charge on any atom is 0.129 e. The van der Waals surface area contributed by atoms with Crippen molar-refractivity contribution >= 4 is 17.3 Å². The minimum Gasteiger partial charge on any atom is -0.361 e. The van der Waals surface area contributed by atoms with Crippen LogP contribution in [0.1, 0.15) is 16.7 Å². The number of nitrogens with zero attached hydrogens (tertiary/aromatic N) is 2. The van der Waals surface area contributed by atoms with Gasteiger partial charge in [0.25, 0.3) is 0 Å². The molecule has 1 heterocycles. The number of aryl methyl sites for hydroxylation is 1. The summed E-state index contributed by atoms with van der Waals surface area (Å²) in [6.07, 6.45) is 1.86. The van der Waals surface area contributed by atoms with Gasteiger partial charge in [0.15, 0.2) is 0 Å². The first-order chi connectivity index (χ1) is 11.2. The summed E-state index contributed by atoms with van der Waals surface area (Å²) in [5.74, 6) is 0. The molecule has 2 nitrogen and oxygen atoms in total. The average molecular weight is 323 g/mol. The summed E-state index contributed by atoms with van der Waals surface area (Å²) in [7, 11) is 0. The van der Waals surface area contributed by atoms with Gasteiger partial charge in [-0.3, -0.25) is 0 Å². The van der Waals surface area contributed by atoms with E-state index in [1.165, 1.54) is 11.1 Å². The molecule has 0 aliphatic carbocycles. The lowest BCUT2D eigenvalue weighted by Gasteiger charge is -2.26. The summed E-state index contributed by atoms with van der Waals surface area (Å²) in [6, 6.07) is 22.9. The van der Waals surface area contributed by atoms with Crippen LogP contribution in [0.3, 0.4) is 0 Å². The molecule has 0 aliphatic heterocycles. The quantitative estimate of drug-likeness (QED) is 0.596. The monoisotopic (exact) mass is 322 g/mol. The van der Waals surface area contributed by atoms with Crippen LogP contribution in [0, 0.1) is 6.92 Å². The van der Waals surface area contributed by atoms with Crippen molar-refractivity contribution in [2.75, 3.05) is 4.90 Å². The molecule has 0 fully saturated rings. The lowest BCUT2D eigenvalue weighted by molar-refractivity contribution is 0.793. The van der Waals surface area contributed by atoms with Crippen LogP contribution < -0.4 is 4.90 Å². The second-order valence-corrected chi connectivity index (χ2v) is 6.01. The third-order valence-electron chi connectivity index (χ3n) is 3.82. The minimum absolute atomic E-state index is 0.533. The molecule has 3 aromatic rings. The standard InChI is InChI=1S/C20H19ClN2/c1-16-12-20(21)22-13-19(16)23(14-17-8-4-2-5-9-17)15-18-10-6-3-7-11-18/h2-13H,14-15H2,1H3. The normalized spacial score (nSPS) is 10.5. The van der Waals surface area contributed by atoms with E-state index in [-0.39, 0.29) is 0 Å². The SMILES string of the molecule is Cc1cc(Cl)ncc1N(Cc1ccccc1)Cc1ccccc1. The fourth-order valence-corrected chi connectivity index (χ4v) is 2.89. The molecule has 3 heteroatoms. The number of aromatic nitrogens is 1. The van der Waals surface area contributed by atoms with E-state index in [1.54, 1.807) is 0 Å². The van der Waals surface area contributed by atoms with Crippen molar-refractivity contribution in [2.45, 2.75) is 20.0 Å². The largest absolute Gasteiger partial charge is 0.361 e. The van der Waals surface area contributed by atoms with Crippen molar-refractivity contribution < 1.29 is 0 Å². The maximum absolute atomic E-state index is 6.01. The first kappa shape index (κ1) is 15.6. The summed E-state index contributed by atoms with van der Waals surface area (Å²) < 4.78 is 0. The van der Waals surface area contributed by atoms with Gasteiger partial charge in [-0.2, -0.15) is 0 Å². The van der Waals surface area contributed by atoms with Gasteiger partial charge < -0.3 is 4.90 Å². The Kier molecular flexibility index (Phi) is 4.94. The van der Waals surface area contributed by atoms with Gasteiger partial charge in [0.1, 0.15) is 5.15 Å². The fraction of sp³-hybridized carbons (Fsp3) is 0.150. The molecule has 0 radical (unpaired) electrons. The predicted molar refractivity (Wildman–Crippen MR) is 96.8 cm³/mol. The molecule has 0 N–H and O–H groups in total. The van der Waals surface area contributed by atoms with Gasteiger partial charge in [-0.05, 0) is 29.7 Å². The molecule has 0 unspecified atom stereocenters. The number of benzene rings is 2. The Morgan fingerprint density at radius 3 is 1.87 bits per heavy atom. The molecule has 0 spiro atoms. The Balaban J connectivity index is 1.92. The Morgan fingerprint density at radius 2 is 1.39 bits per heavy atom. The van der Waals surface area contributed by atoms with Crippen molar-refractivity contribution in [3.8, 4) is 0 Å². The van der Waals surface area contributed by atoms with Crippen molar-refractivity contribution in [3.05, 3.63) is 94.8 Å². The summed E-state index contributed by atoms with van der Waals surface area (Å²) in [5, 5.41) is 0.533. The second kappa shape index (κ2) is 7.30. The highest BCUT2D eigenvalue weighted by atomic mass is 35.5. The van der Waals surface area contributed by atoms with Crippen LogP contribution in [-0.2, 0) is 13.1 Å². The van der Waals surface area contributed by atoms with Crippen molar-refractivity contribution in [2.24, 2.45) is 0 Å². The molecule has 0 saturated heterocycles. The van der Waals surface area contributed by atoms with E-state index in [9.17, 15) is 0 Å². The van der Waals surface area contributed by atoms with Crippen molar-refractivity contribution in [1.29, 1.82) is 0 Å². The Morgan fingerprint density at radius 1 is 0.870 bits per heavy atom. The van der Waals surface area contributed by atoms with Crippen molar-refractivity contribution in [3.63, 3.8) is 0 Å². The van der Waals surface area contributed by atoms with Crippen LogP contribution in [0.25, 0.3) is 0 Å². The highest BCUT2D eigenvalue weighted by Gasteiger charge is 2.12. The topological polar surface area (TPSA) is 16.1 Å². The van der Waals surface area contributed by atoms with Crippen LogP contribution in [0.4, 0.5) is 5.69 Å². The molecule has 116 valence electrons. The zero-order valence-corrected chi connectivity index (χ0v) is 13.9. The summed E-state index contributed by atoms with van der Waals surface area (Å²) in [5.41, 5.74) is 4.80. The van der Waals surface area contributed by atoms with Gasteiger partial charge in [0.2, 0.25) is 0 Å². The van der Waals surface area contributed by atoms with E-state index < -0.39 is 0 Å². The molecule has 0 aliphatic rings. The van der Waals surface area contributed by atoms with Gasteiger partial charge >= 0.3 is 0 Å². The Labute approximate surface area is 142 Å². The first-order valence-electron chi connectivity index (χ1n) is 7.67. The molecule has 1 aromatic heterocycles. The molecule has 0 amide bonds. The third-order valence-corrected chi connectivity index (χ3v) is 4.03. The predicted octanol–water partition coefficient (Wildman–Crippen LogP) is 5.25. The highest BCUT2D eigenvalue weighted by molar-refractivity contribution is 6.29. The summed E-state index contributed by atoms with van der Waals surface area (Å²) >= 11 is 6.01. The molecule has 0 bridgehead atoms. The van der Waals surface area contributed by atoms with Crippen LogP contribution in [-0.4, -0.2) is 4.98 Å². The Hall–Kier alpha value is -2.32. The van der Waals surface area contributed by atoms with Gasteiger partial charge in [-0.25, -0.2) is 4.98 Å². The second-order valence-electron chi connectivity index (χ2n) is 5.62. The number of pyridine rings is 1. The van der Waals surface area contributed by atoms with E-state index >= 15 is 0 Å². The van der Waals surface area contributed by atoms with E-state index in [4.69, 9.17) is 11.6 Å². The van der Waals surface area contributed by atoms with Crippen LogP contribution in [0.15, 0.2) is 72.9 Å². The average Bonchev–Trinajstić information content (AvgIpc) is 2.56. The van der Waals surface area contributed by atoms with Crippen molar-refractivity contribution in [1.82, 2.24) is 4.98 Å². The zero-order valence-electron chi connectivity index (χ0n) is 13.1. The van der Waals surface area contributed by atoms with Gasteiger partial charge in [0.05, 0.1) is 11.9 Å². The van der Waals surface area contributed by atoms with Crippen LogP contribution in [0.5, 0.6) is 0 Å². The van der Waals surface area contributed by atoms with E-state index in [0.29, 0.717) is 5.15 Å². The molecule has 0 saturated carbocycles. The third kappa shape index (κ3) is 4.11. The molecule has 3 rings (SSSR count). The number of hydrogen-bond donors (Lipinski definition) is 0. The van der Waals surface area contributed by atoms with E-state index in [0.717, 1.165) is 24.3 Å². The number of anilines is 1. The smallest absolute Gasteiger partial charge is 0.129 e.